The molecule has 0 atom stereocenters. The Kier molecular flexibility index (Phi) is 13.5. The number of hydrogen-bond donors (Lipinski definition) is 0. The smallest absolute Gasteiger partial charge is 0.602 e. The van der Waals surface area contributed by atoms with Crippen LogP contribution in [0.2, 0.25) is 0 Å². The first kappa shape index (κ1) is 22.5. The second kappa shape index (κ2) is 13.9. The molecule has 0 aliphatic carbocycles. The number of ether oxygens (including phenoxy) is 1. The van der Waals surface area contributed by atoms with Crippen LogP contribution in [0.5, 0.6) is 0 Å². The molecule has 0 aliphatic heterocycles. The van der Waals surface area contributed by atoms with Crippen molar-refractivity contribution in [2.24, 2.45) is 0 Å². The number of esters is 1. The minimum absolute atomic E-state index is 0.0216. The monoisotopic (exact) mass is 344 g/mol. The van der Waals surface area contributed by atoms with E-state index in [0.29, 0.717) is 12.4 Å². The minimum atomic E-state index is -2.29. The van der Waals surface area contributed by atoms with Crippen LogP contribution in [-0.4, -0.2) is 39.9 Å². The molecule has 0 radical (unpaired) electrons. The van der Waals surface area contributed by atoms with Crippen molar-refractivity contribution in [3.63, 3.8) is 0 Å². The van der Waals surface area contributed by atoms with Crippen LogP contribution in [0.1, 0.15) is 73.6 Å². The molecule has 0 bridgehead atoms. The van der Waals surface area contributed by atoms with E-state index >= 15 is 0 Å². The predicted octanol–water partition coefficient (Wildman–Crippen LogP) is 4.26. The van der Waals surface area contributed by atoms with Gasteiger partial charge in [-0.15, -0.1) is 0 Å². The molecule has 134 valence electrons. The Hall–Kier alpha value is -0.538. The van der Waals surface area contributed by atoms with E-state index in [1.807, 2.05) is 27.7 Å². The van der Waals surface area contributed by atoms with E-state index < -0.39 is 15.1 Å². The van der Waals surface area contributed by atoms with Crippen molar-refractivity contribution >= 4 is 21.1 Å². The Morgan fingerprint density at radius 3 is 2.09 bits per heavy atom. The quantitative estimate of drug-likeness (QED) is 0.164. The fourth-order valence-corrected chi connectivity index (χ4v) is 3.24. The van der Waals surface area contributed by atoms with E-state index in [-0.39, 0.29) is 18.2 Å². The fraction of sp³-hybridized carbons (Fsp3) is 0.824. The normalized spacial score (nSPS) is 11.9. The molecule has 6 heteroatoms. The van der Waals surface area contributed by atoms with Gasteiger partial charge >= 0.3 is 21.1 Å². The summed E-state index contributed by atoms with van der Waals surface area (Å²) in [6.45, 7) is 12.1. The molecular formula is C17H33AlO5. The lowest BCUT2D eigenvalue weighted by Gasteiger charge is -2.18. The first-order valence-corrected chi connectivity index (χ1v) is 10.1. The first-order chi connectivity index (χ1) is 10.8. The largest absolute Gasteiger partial charge is 1.00 e. The average Bonchev–Trinajstić information content (AvgIpc) is 2.40. The van der Waals surface area contributed by atoms with E-state index in [1.165, 1.54) is 25.3 Å². The molecule has 0 spiro atoms. The number of unbranched alkanes of at least 4 members (excludes halogenated alkanes) is 4. The van der Waals surface area contributed by atoms with Crippen LogP contribution in [0.3, 0.4) is 0 Å². The van der Waals surface area contributed by atoms with E-state index in [1.54, 1.807) is 6.92 Å². The standard InChI is InChI=1S/C11H20O3.2C3H7O.Al/c1-3-4-5-6-7-8-14-11(13)9-10(2)12;2*1-3(2)4;/h9,12H,3-8H2,1-2H3;2*3H,1-2H3;/q;2*-1;+3/p-1/b10-9-;;;. The van der Waals surface area contributed by atoms with Crippen LogP contribution < -0.4 is 0 Å². The molecule has 0 aliphatic rings. The lowest BCUT2D eigenvalue weighted by molar-refractivity contribution is -0.138. The van der Waals surface area contributed by atoms with Gasteiger partial charge in [0.15, 0.2) is 0 Å². The van der Waals surface area contributed by atoms with Gasteiger partial charge < -0.3 is 16.1 Å². The van der Waals surface area contributed by atoms with Crippen molar-refractivity contribution in [3.05, 3.63) is 11.8 Å². The van der Waals surface area contributed by atoms with Crippen LogP contribution in [0.15, 0.2) is 11.8 Å². The van der Waals surface area contributed by atoms with Crippen molar-refractivity contribution in [1.29, 1.82) is 0 Å². The van der Waals surface area contributed by atoms with E-state index in [0.717, 1.165) is 12.8 Å². The Labute approximate surface area is 146 Å². The summed E-state index contributed by atoms with van der Waals surface area (Å²) in [5.41, 5.74) is 0. The predicted molar refractivity (Wildman–Crippen MR) is 92.8 cm³/mol. The highest BCUT2D eigenvalue weighted by Crippen LogP contribution is 2.08. The van der Waals surface area contributed by atoms with Gasteiger partial charge in [-0.2, -0.15) is 0 Å². The van der Waals surface area contributed by atoms with Gasteiger partial charge in [-0.05, 0) is 41.0 Å². The number of carbonyl (C=O) groups excluding carboxylic acids is 1. The average molecular weight is 344 g/mol. The molecule has 0 rings (SSSR count). The molecule has 0 heterocycles. The van der Waals surface area contributed by atoms with Gasteiger partial charge in [0.2, 0.25) is 0 Å². The van der Waals surface area contributed by atoms with Gasteiger partial charge in [-0.1, -0.05) is 32.6 Å². The maximum Gasteiger partial charge on any atom is 1.00 e. The zero-order chi connectivity index (χ0) is 17.7. The summed E-state index contributed by atoms with van der Waals surface area (Å²) in [6.07, 6.45) is 7.04. The molecule has 0 N–H and O–H groups in total. The Morgan fingerprint density at radius 2 is 1.57 bits per heavy atom. The maximum absolute atomic E-state index is 11.7. The Balaban J connectivity index is 4.14. The number of rotatable bonds is 13. The van der Waals surface area contributed by atoms with Crippen molar-refractivity contribution in [1.82, 2.24) is 0 Å². The maximum atomic E-state index is 11.7. The van der Waals surface area contributed by atoms with Gasteiger partial charge in [0.25, 0.3) is 0 Å². The van der Waals surface area contributed by atoms with Crippen molar-refractivity contribution in [3.8, 4) is 0 Å². The molecule has 0 unspecified atom stereocenters. The minimum Gasteiger partial charge on any atom is -0.602 e. The first-order valence-electron chi connectivity index (χ1n) is 8.67. The summed E-state index contributed by atoms with van der Waals surface area (Å²) in [5, 5.41) is 0. The second-order valence-electron chi connectivity index (χ2n) is 6.11. The summed E-state index contributed by atoms with van der Waals surface area (Å²) in [7, 11) is 0. The van der Waals surface area contributed by atoms with E-state index in [4.69, 9.17) is 16.1 Å². The van der Waals surface area contributed by atoms with Gasteiger partial charge in [0, 0.05) is 12.2 Å². The van der Waals surface area contributed by atoms with Crippen molar-refractivity contribution < 1.29 is 20.9 Å². The molecular weight excluding hydrogens is 311 g/mol. The molecule has 0 fully saturated rings. The molecule has 23 heavy (non-hydrogen) atoms. The number of hydrogen-bond acceptors (Lipinski definition) is 5. The third-order valence-corrected chi connectivity index (χ3v) is 4.96. The van der Waals surface area contributed by atoms with Crippen molar-refractivity contribution in [2.75, 3.05) is 6.61 Å². The third-order valence-electron chi connectivity index (χ3n) is 2.86. The number of allylic oxidation sites excluding steroid dienone is 1. The van der Waals surface area contributed by atoms with Crippen LogP contribution in [-0.2, 0) is 20.9 Å². The van der Waals surface area contributed by atoms with Crippen LogP contribution in [0.4, 0.5) is 0 Å². The van der Waals surface area contributed by atoms with Gasteiger partial charge in [-0.3, -0.25) is 0 Å². The van der Waals surface area contributed by atoms with E-state index in [9.17, 15) is 4.79 Å². The summed E-state index contributed by atoms with van der Waals surface area (Å²) in [6, 6.07) is 0. The van der Waals surface area contributed by atoms with Gasteiger partial charge in [0.05, 0.1) is 18.4 Å². The molecule has 0 aromatic heterocycles. The lowest BCUT2D eigenvalue weighted by atomic mass is 10.2. The van der Waals surface area contributed by atoms with E-state index in [2.05, 4.69) is 6.92 Å². The van der Waals surface area contributed by atoms with Crippen LogP contribution in [0.25, 0.3) is 0 Å². The van der Waals surface area contributed by atoms with Gasteiger partial charge in [-0.25, -0.2) is 4.79 Å². The molecule has 5 nitrogen and oxygen atoms in total. The molecule has 0 saturated heterocycles. The highest BCUT2D eigenvalue weighted by Gasteiger charge is 2.37. The second-order valence-corrected chi connectivity index (χ2v) is 7.47. The highest BCUT2D eigenvalue weighted by atomic mass is 27.3. The van der Waals surface area contributed by atoms with Crippen LogP contribution in [0, 0.1) is 0 Å². The SMILES string of the molecule is CCCCCCCOC(=O)/C=C(/C)[O][Al]([O]C(C)C)[O]C(C)C. The highest BCUT2D eigenvalue weighted by molar-refractivity contribution is 6.36. The Bertz CT molecular complexity index is 332. The number of carbonyl (C=O) groups is 1. The van der Waals surface area contributed by atoms with Crippen molar-refractivity contribution in [2.45, 2.75) is 85.9 Å². The topological polar surface area (TPSA) is 54.0 Å². The van der Waals surface area contributed by atoms with Crippen LogP contribution >= 0.6 is 0 Å². The molecule has 0 saturated carbocycles. The third kappa shape index (κ3) is 14.8. The summed E-state index contributed by atoms with van der Waals surface area (Å²) < 4.78 is 22.1. The van der Waals surface area contributed by atoms with Gasteiger partial charge in [0.1, 0.15) is 0 Å². The molecule has 0 amide bonds. The fourth-order valence-electron chi connectivity index (χ4n) is 1.80. The lowest BCUT2D eigenvalue weighted by Crippen LogP contribution is -2.32. The Morgan fingerprint density at radius 1 is 1.00 bits per heavy atom. The molecule has 0 aromatic rings. The summed E-state index contributed by atoms with van der Waals surface area (Å²) in [4.78, 5) is 11.7. The molecule has 0 aromatic carbocycles. The zero-order valence-electron chi connectivity index (χ0n) is 15.6. The summed E-state index contributed by atoms with van der Waals surface area (Å²) in [5.74, 6) is 0.0961. The zero-order valence-corrected chi connectivity index (χ0v) is 16.7. The summed E-state index contributed by atoms with van der Waals surface area (Å²) >= 11 is -2.29.